The van der Waals surface area contributed by atoms with Crippen LogP contribution in [-0.4, -0.2) is 55.0 Å². The molecule has 0 radical (unpaired) electrons. The molecule has 2 N–H and O–H groups in total. The number of carbonyl (C=O) groups excluding carboxylic acids is 1. The fourth-order valence-electron chi connectivity index (χ4n) is 4.92. The van der Waals surface area contributed by atoms with Crippen LogP contribution >= 0.6 is 0 Å². The molecule has 154 valence electrons. The van der Waals surface area contributed by atoms with E-state index in [2.05, 4.69) is 34.5 Å². The topological polar surface area (TPSA) is 61.8 Å². The Labute approximate surface area is 172 Å². The Bertz CT molecular complexity index is 836. The summed E-state index contributed by atoms with van der Waals surface area (Å²) in [5.41, 5.74) is 4.22. The maximum absolute atomic E-state index is 12.7. The predicted molar refractivity (Wildman–Crippen MR) is 114 cm³/mol. The van der Waals surface area contributed by atoms with Gasteiger partial charge in [-0.05, 0) is 62.0 Å². The van der Waals surface area contributed by atoms with Crippen LogP contribution in [0.25, 0.3) is 11.1 Å². The minimum atomic E-state index is -0.601. The fraction of sp³-hybridized carbons (Fsp3) is 0.458. The zero-order valence-electron chi connectivity index (χ0n) is 17.2. The van der Waals surface area contributed by atoms with Crippen LogP contribution in [0.3, 0.4) is 0 Å². The van der Waals surface area contributed by atoms with Gasteiger partial charge in [0.05, 0.1) is 12.1 Å². The Morgan fingerprint density at radius 1 is 1.14 bits per heavy atom. The van der Waals surface area contributed by atoms with Crippen molar-refractivity contribution >= 4 is 6.09 Å². The van der Waals surface area contributed by atoms with Crippen molar-refractivity contribution in [2.24, 2.45) is 0 Å². The van der Waals surface area contributed by atoms with Crippen LogP contribution < -0.4 is 5.32 Å². The van der Waals surface area contributed by atoms with Crippen molar-refractivity contribution in [1.82, 2.24) is 10.2 Å². The summed E-state index contributed by atoms with van der Waals surface area (Å²) in [4.78, 5) is 14.8. The van der Waals surface area contributed by atoms with Gasteiger partial charge >= 0.3 is 6.09 Å². The Morgan fingerprint density at radius 3 is 2.34 bits per heavy atom. The molecular weight excluding hydrogens is 364 g/mol. The zero-order valence-corrected chi connectivity index (χ0v) is 17.2. The molecule has 5 heteroatoms. The maximum atomic E-state index is 12.7. The molecule has 1 saturated carbocycles. The smallest absolute Gasteiger partial charge is 0.407 e. The monoisotopic (exact) mass is 394 g/mol. The average Bonchev–Trinajstić information content (AvgIpc) is 3.06. The first-order valence-corrected chi connectivity index (χ1v) is 10.4. The van der Waals surface area contributed by atoms with E-state index in [0.29, 0.717) is 12.6 Å². The summed E-state index contributed by atoms with van der Waals surface area (Å²) in [6.45, 7) is 0.222. The minimum Gasteiger partial charge on any atom is -0.449 e. The number of nitrogens with zero attached hydrogens (tertiary/aromatic N) is 1. The summed E-state index contributed by atoms with van der Waals surface area (Å²) in [6, 6.07) is 17.0. The number of hydrogen-bond donors (Lipinski definition) is 2. The molecule has 0 aliphatic heterocycles. The van der Waals surface area contributed by atoms with Gasteiger partial charge in [0, 0.05) is 12.0 Å². The maximum Gasteiger partial charge on any atom is 0.407 e. The minimum absolute atomic E-state index is 0.0408. The summed E-state index contributed by atoms with van der Waals surface area (Å²) >= 11 is 0. The SMILES string of the molecule is CN(C)[C@@H]1CCC[C@](CO)(NC(=O)OCC2c3ccccc3-c3ccccc32)C1. The van der Waals surface area contributed by atoms with Gasteiger partial charge in [0.2, 0.25) is 0 Å². The molecule has 0 saturated heterocycles. The lowest BCUT2D eigenvalue weighted by Gasteiger charge is -2.42. The third-order valence-corrected chi connectivity index (χ3v) is 6.56. The number of ether oxygens (including phenoxy) is 1. The molecule has 5 nitrogen and oxygen atoms in total. The van der Waals surface area contributed by atoms with Crippen LogP contribution in [0.15, 0.2) is 48.5 Å². The molecule has 1 fully saturated rings. The molecule has 0 bridgehead atoms. The predicted octanol–water partition coefficient (Wildman–Crippen LogP) is 3.76. The molecule has 2 aromatic carbocycles. The van der Waals surface area contributed by atoms with E-state index >= 15 is 0 Å². The van der Waals surface area contributed by atoms with Crippen LogP contribution in [0.5, 0.6) is 0 Å². The number of amides is 1. The van der Waals surface area contributed by atoms with Crippen molar-refractivity contribution in [2.45, 2.75) is 43.2 Å². The van der Waals surface area contributed by atoms with Gasteiger partial charge in [0.25, 0.3) is 0 Å². The van der Waals surface area contributed by atoms with Crippen molar-refractivity contribution < 1.29 is 14.6 Å². The first kappa shape index (κ1) is 19.9. The largest absolute Gasteiger partial charge is 0.449 e. The highest BCUT2D eigenvalue weighted by Gasteiger charge is 2.39. The Hall–Kier alpha value is -2.37. The Kier molecular flexibility index (Phi) is 5.61. The molecule has 2 aliphatic rings. The van der Waals surface area contributed by atoms with Gasteiger partial charge in [-0.15, -0.1) is 0 Å². The van der Waals surface area contributed by atoms with Crippen molar-refractivity contribution in [1.29, 1.82) is 0 Å². The first-order valence-electron chi connectivity index (χ1n) is 10.4. The van der Waals surface area contributed by atoms with Gasteiger partial charge in [-0.2, -0.15) is 0 Å². The lowest BCUT2D eigenvalue weighted by atomic mass is 9.79. The Morgan fingerprint density at radius 2 is 1.76 bits per heavy atom. The van der Waals surface area contributed by atoms with Crippen LogP contribution in [0.1, 0.15) is 42.7 Å². The lowest BCUT2D eigenvalue weighted by Crippen LogP contribution is -2.57. The van der Waals surface area contributed by atoms with Gasteiger partial charge < -0.3 is 20.1 Å². The molecule has 0 heterocycles. The molecule has 1 amide bonds. The summed E-state index contributed by atoms with van der Waals surface area (Å²) in [6.07, 6.45) is 3.13. The molecule has 4 rings (SSSR count). The van der Waals surface area contributed by atoms with Crippen molar-refractivity contribution in [3.8, 4) is 11.1 Å². The van der Waals surface area contributed by atoms with Gasteiger partial charge in [-0.25, -0.2) is 4.79 Å². The molecule has 0 aromatic heterocycles. The van der Waals surface area contributed by atoms with E-state index in [4.69, 9.17) is 4.74 Å². The van der Waals surface area contributed by atoms with E-state index in [9.17, 15) is 9.90 Å². The van der Waals surface area contributed by atoms with E-state index in [0.717, 1.165) is 25.7 Å². The molecule has 29 heavy (non-hydrogen) atoms. The Balaban J connectivity index is 1.45. The number of aliphatic hydroxyl groups excluding tert-OH is 1. The van der Waals surface area contributed by atoms with Crippen molar-refractivity contribution in [2.75, 3.05) is 27.3 Å². The number of alkyl carbamates (subject to hydrolysis) is 1. The number of hydrogen-bond acceptors (Lipinski definition) is 4. The zero-order chi connectivity index (χ0) is 20.4. The number of carbonyl (C=O) groups is 1. The van der Waals surface area contributed by atoms with Crippen molar-refractivity contribution in [3.63, 3.8) is 0 Å². The van der Waals surface area contributed by atoms with Crippen LogP contribution in [0, 0.1) is 0 Å². The standard InChI is InChI=1S/C24H30N2O3/c1-26(2)17-8-7-13-24(14-17,16-27)25-23(28)29-15-22-20-11-5-3-9-18(20)19-10-4-6-12-21(19)22/h3-6,9-12,17,22,27H,7-8,13-16H2,1-2H3,(H,25,28)/t17-,24+/m1/s1. The quantitative estimate of drug-likeness (QED) is 0.811. The second kappa shape index (κ2) is 8.17. The molecule has 2 aliphatic carbocycles. The van der Waals surface area contributed by atoms with Gasteiger partial charge in [-0.3, -0.25) is 0 Å². The van der Waals surface area contributed by atoms with E-state index in [1.807, 2.05) is 38.4 Å². The second-order valence-electron chi connectivity index (χ2n) is 8.60. The highest BCUT2D eigenvalue weighted by Crippen LogP contribution is 2.44. The second-order valence-corrected chi connectivity index (χ2v) is 8.60. The number of aliphatic hydroxyl groups is 1. The normalized spacial score (nSPS) is 23.5. The molecule has 0 spiro atoms. The highest BCUT2D eigenvalue weighted by atomic mass is 16.5. The van der Waals surface area contributed by atoms with E-state index in [1.54, 1.807) is 0 Å². The molecule has 0 unspecified atom stereocenters. The summed E-state index contributed by atoms with van der Waals surface area (Å²) < 4.78 is 5.69. The number of nitrogens with one attached hydrogen (secondary N) is 1. The van der Waals surface area contributed by atoms with Gasteiger partial charge in [0.1, 0.15) is 6.61 Å². The molecular formula is C24H30N2O3. The fourth-order valence-corrected chi connectivity index (χ4v) is 4.92. The third-order valence-electron chi connectivity index (χ3n) is 6.56. The van der Waals surface area contributed by atoms with Gasteiger partial charge in [0.15, 0.2) is 0 Å². The van der Waals surface area contributed by atoms with Crippen molar-refractivity contribution in [3.05, 3.63) is 59.7 Å². The third kappa shape index (κ3) is 3.89. The van der Waals surface area contributed by atoms with Gasteiger partial charge in [-0.1, -0.05) is 48.5 Å². The number of fused-ring (bicyclic) bond motifs is 3. The number of benzene rings is 2. The summed E-state index contributed by atoms with van der Waals surface area (Å²) in [5, 5.41) is 13.0. The number of rotatable bonds is 5. The summed E-state index contributed by atoms with van der Waals surface area (Å²) in [7, 11) is 4.09. The van der Waals surface area contributed by atoms with E-state index < -0.39 is 11.6 Å². The van der Waals surface area contributed by atoms with E-state index in [1.165, 1.54) is 22.3 Å². The summed E-state index contributed by atoms with van der Waals surface area (Å²) in [5.74, 6) is 0.0408. The van der Waals surface area contributed by atoms with E-state index in [-0.39, 0.29) is 12.5 Å². The lowest BCUT2D eigenvalue weighted by molar-refractivity contribution is 0.0653. The van der Waals surface area contributed by atoms with Crippen LogP contribution in [0.2, 0.25) is 0 Å². The van der Waals surface area contributed by atoms with Crippen LogP contribution in [0.4, 0.5) is 4.79 Å². The molecule has 2 aromatic rings. The highest BCUT2D eigenvalue weighted by molar-refractivity contribution is 5.79. The average molecular weight is 395 g/mol. The first-order chi connectivity index (χ1) is 14.0. The van der Waals surface area contributed by atoms with Crippen LogP contribution in [-0.2, 0) is 4.74 Å². The molecule has 2 atom stereocenters.